The largest absolute Gasteiger partial charge is 0.381 e. The minimum absolute atomic E-state index is 0.527. The zero-order valence-electron chi connectivity index (χ0n) is 18.5. The zero-order valence-corrected chi connectivity index (χ0v) is 18.5. The zero-order chi connectivity index (χ0) is 21.0. The van der Waals surface area contributed by atoms with Crippen LogP contribution in [-0.4, -0.2) is 52.2 Å². The molecular weight excluding hydrogens is 386 g/mol. The second-order valence-corrected chi connectivity index (χ2v) is 8.88. The number of ether oxygens (including phenoxy) is 1. The third kappa shape index (κ3) is 4.60. The van der Waals surface area contributed by atoms with Crippen molar-refractivity contribution in [2.24, 2.45) is 0 Å². The third-order valence-electron chi connectivity index (χ3n) is 6.66. The topological polar surface area (TPSA) is 66.1 Å². The van der Waals surface area contributed by atoms with E-state index in [1.54, 1.807) is 0 Å². The molecule has 0 aromatic carbocycles. The van der Waals surface area contributed by atoms with Crippen molar-refractivity contribution < 1.29 is 4.74 Å². The van der Waals surface area contributed by atoms with E-state index >= 15 is 0 Å². The maximum atomic E-state index is 5.46. The fourth-order valence-corrected chi connectivity index (χ4v) is 4.82. The monoisotopic (exact) mass is 419 g/mol. The highest BCUT2D eigenvalue weighted by Gasteiger charge is 2.19. The molecule has 0 radical (unpaired) electrons. The standard InChI is InChI=1S/C25H33N5O/c1-2-19-14-21-24(28-20-6-4-3-5-7-20)22(16-27-25(21)29-19)23-9-8-18(15-26-23)17-30-10-12-31-13-11-30/h8-9,14-16,20H,2-7,10-13,17H2,1H3,(H2,27,28,29). The molecule has 1 aliphatic carbocycles. The van der Waals surface area contributed by atoms with Crippen molar-refractivity contribution in [3.63, 3.8) is 0 Å². The number of nitrogens with one attached hydrogen (secondary N) is 2. The number of nitrogens with zero attached hydrogens (tertiary/aromatic N) is 3. The van der Waals surface area contributed by atoms with Gasteiger partial charge in [0.25, 0.3) is 0 Å². The average molecular weight is 420 g/mol. The van der Waals surface area contributed by atoms with Crippen LogP contribution in [0.1, 0.15) is 50.3 Å². The average Bonchev–Trinajstić information content (AvgIpc) is 3.25. The van der Waals surface area contributed by atoms with Gasteiger partial charge in [-0.05, 0) is 37.0 Å². The molecule has 0 bridgehead atoms. The fraction of sp³-hybridized carbons (Fsp3) is 0.520. The van der Waals surface area contributed by atoms with Gasteiger partial charge in [-0.3, -0.25) is 9.88 Å². The molecule has 164 valence electrons. The van der Waals surface area contributed by atoms with Crippen molar-refractivity contribution >= 4 is 16.7 Å². The number of H-pyrrole nitrogens is 1. The first-order valence-corrected chi connectivity index (χ1v) is 11.8. The molecule has 6 heteroatoms. The quantitative estimate of drug-likeness (QED) is 0.603. The van der Waals surface area contributed by atoms with Gasteiger partial charge in [-0.1, -0.05) is 32.3 Å². The maximum absolute atomic E-state index is 5.46. The number of rotatable bonds is 6. The first-order valence-electron chi connectivity index (χ1n) is 11.8. The van der Waals surface area contributed by atoms with Crippen LogP contribution in [0.5, 0.6) is 0 Å². The molecule has 0 atom stereocenters. The molecule has 0 amide bonds. The van der Waals surface area contributed by atoms with Gasteiger partial charge in [0.05, 0.1) is 24.6 Å². The number of morpholine rings is 1. The first-order chi connectivity index (χ1) is 15.3. The van der Waals surface area contributed by atoms with Crippen molar-refractivity contribution in [2.75, 3.05) is 31.6 Å². The lowest BCUT2D eigenvalue weighted by Crippen LogP contribution is -2.35. The Morgan fingerprint density at radius 1 is 1.10 bits per heavy atom. The number of aromatic nitrogens is 3. The summed E-state index contributed by atoms with van der Waals surface area (Å²) in [5, 5.41) is 5.07. The van der Waals surface area contributed by atoms with Gasteiger partial charge in [0.2, 0.25) is 0 Å². The summed E-state index contributed by atoms with van der Waals surface area (Å²) in [5.74, 6) is 0. The molecule has 3 aromatic rings. The lowest BCUT2D eigenvalue weighted by Gasteiger charge is -2.26. The molecule has 0 spiro atoms. The summed E-state index contributed by atoms with van der Waals surface area (Å²) in [7, 11) is 0. The fourth-order valence-electron chi connectivity index (χ4n) is 4.82. The summed E-state index contributed by atoms with van der Waals surface area (Å²) < 4.78 is 5.46. The van der Waals surface area contributed by atoms with Crippen molar-refractivity contribution in [2.45, 2.75) is 58.0 Å². The van der Waals surface area contributed by atoms with Crippen LogP contribution < -0.4 is 5.32 Å². The van der Waals surface area contributed by atoms with Crippen LogP contribution >= 0.6 is 0 Å². The molecule has 1 aliphatic heterocycles. The van der Waals surface area contributed by atoms with Gasteiger partial charge in [0.1, 0.15) is 5.65 Å². The van der Waals surface area contributed by atoms with Crippen LogP contribution in [0.4, 0.5) is 5.69 Å². The molecule has 2 aliphatic rings. The Morgan fingerprint density at radius 2 is 1.94 bits per heavy atom. The van der Waals surface area contributed by atoms with Crippen LogP contribution in [0.3, 0.4) is 0 Å². The highest BCUT2D eigenvalue weighted by molar-refractivity contribution is 5.98. The summed E-state index contributed by atoms with van der Waals surface area (Å²) in [4.78, 5) is 15.5. The van der Waals surface area contributed by atoms with E-state index in [1.165, 1.54) is 54.4 Å². The van der Waals surface area contributed by atoms with E-state index in [1.807, 2.05) is 12.4 Å². The Labute approximate surface area is 184 Å². The Balaban J connectivity index is 1.45. The molecule has 5 rings (SSSR count). The molecule has 2 fully saturated rings. The Morgan fingerprint density at radius 3 is 2.68 bits per heavy atom. The van der Waals surface area contributed by atoms with E-state index in [2.05, 4.69) is 40.3 Å². The molecule has 1 saturated carbocycles. The normalized spacial score (nSPS) is 18.5. The maximum Gasteiger partial charge on any atom is 0.139 e. The summed E-state index contributed by atoms with van der Waals surface area (Å²) in [6.45, 7) is 6.73. The van der Waals surface area contributed by atoms with Crippen molar-refractivity contribution in [3.8, 4) is 11.3 Å². The van der Waals surface area contributed by atoms with Crippen LogP contribution in [-0.2, 0) is 17.7 Å². The second kappa shape index (κ2) is 9.37. The number of aryl methyl sites for hydroxylation is 1. The highest BCUT2D eigenvalue weighted by Crippen LogP contribution is 2.35. The molecule has 1 saturated heterocycles. The second-order valence-electron chi connectivity index (χ2n) is 8.88. The van der Waals surface area contributed by atoms with Crippen LogP contribution in [0, 0.1) is 0 Å². The molecular formula is C25H33N5O. The van der Waals surface area contributed by atoms with Gasteiger partial charge in [0, 0.05) is 54.7 Å². The number of fused-ring (bicyclic) bond motifs is 1. The molecule has 0 unspecified atom stereocenters. The predicted octanol–water partition coefficient (Wildman–Crippen LogP) is 4.76. The number of aromatic amines is 1. The van der Waals surface area contributed by atoms with Crippen molar-refractivity contribution in [1.29, 1.82) is 0 Å². The van der Waals surface area contributed by atoms with Crippen LogP contribution in [0.2, 0.25) is 0 Å². The number of pyridine rings is 2. The minimum Gasteiger partial charge on any atom is -0.381 e. The van der Waals surface area contributed by atoms with E-state index in [4.69, 9.17) is 14.7 Å². The van der Waals surface area contributed by atoms with Gasteiger partial charge in [0.15, 0.2) is 0 Å². The van der Waals surface area contributed by atoms with E-state index in [9.17, 15) is 0 Å². The van der Waals surface area contributed by atoms with Gasteiger partial charge in [-0.2, -0.15) is 0 Å². The Hall–Kier alpha value is -2.44. The smallest absolute Gasteiger partial charge is 0.139 e. The SMILES string of the molecule is CCc1cc2c(NC3CCCCC3)c(-c3ccc(CN4CCOCC4)cn3)cnc2[nH]1. The summed E-state index contributed by atoms with van der Waals surface area (Å²) in [6.07, 6.45) is 11.4. The lowest BCUT2D eigenvalue weighted by molar-refractivity contribution is 0.0341. The highest BCUT2D eigenvalue weighted by atomic mass is 16.5. The number of hydrogen-bond acceptors (Lipinski definition) is 5. The molecule has 4 heterocycles. The van der Waals surface area contributed by atoms with Gasteiger partial charge < -0.3 is 15.0 Å². The van der Waals surface area contributed by atoms with E-state index < -0.39 is 0 Å². The van der Waals surface area contributed by atoms with E-state index in [0.717, 1.165) is 56.2 Å². The lowest BCUT2D eigenvalue weighted by atomic mass is 9.94. The minimum atomic E-state index is 0.527. The molecule has 6 nitrogen and oxygen atoms in total. The third-order valence-corrected chi connectivity index (χ3v) is 6.66. The predicted molar refractivity (Wildman–Crippen MR) is 125 cm³/mol. The summed E-state index contributed by atoms with van der Waals surface area (Å²) in [6, 6.07) is 7.14. The summed E-state index contributed by atoms with van der Waals surface area (Å²) >= 11 is 0. The van der Waals surface area contributed by atoms with E-state index in [0.29, 0.717) is 6.04 Å². The van der Waals surface area contributed by atoms with Crippen molar-refractivity contribution in [3.05, 3.63) is 41.9 Å². The van der Waals surface area contributed by atoms with Gasteiger partial charge >= 0.3 is 0 Å². The number of hydrogen-bond donors (Lipinski definition) is 2. The first kappa shape index (κ1) is 20.5. The number of anilines is 1. The summed E-state index contributed by atoms with van der Waals surface area (Å²) in [5.41, 5.74) is 6.69. The van der Waals surface area contributed by atoms with E-state index in [-0.39, 0.29) is 0 Å². The van der Waals surface area contributed by atoms with Crippen molar-refractivity contribution in [1.82, 2.24) is 19.9 Å². The van der Waals surface area contributed by atoms with Gasteiger partial charge in [-0.25, -0.2) is 4.98 Å². The van der Waals surface area contributed by atoms with Crippen LogP contribution in [0.25, 0.3) is 22.3 Å². The molecule has 2 N–H and O–H groups in total. The molecule has 31 heavy (non-hydrogen) atoms. The Bertz CT molecular complexity index is 1000. The van der Waals surface area contributed by atoms with Crippen LogP contribution in [0.15, 0.2) is 30.6 Å². The molecule has 3 aromatic heterocycles. The van der Waals surface area contributed by atoms with Gasteiger partial charge in [-0.15, -0.1) is 0 Å². The Kier molecular flexibility index (Phi) is 6.18.